The molecule has 0 atom stereocenters. The molecule has 0 amide bonds. The van der Waals surface area contributed by atoms with Crippen LogP contribution in [0, 0.1) is 0 Å². The molecule has 0 bridgehead atoms. The van der Waals surface area contributed by atoms with Crippen LogP contribution in [0.15, 0.2) is 24.3 Å². The molecular formula is C18H32N2O2. The summed E-state index contributed by atoms with van der Waals surface area (Å²) in [7, 11) is 1.71. The van der Waals surface area contributed by atoms with E-state index in [1.165, 1.54) is 0 Å². The van der Waals surface area contributed by atoms with Gasteiger partial charge in [0.15, 0.2) is 0 Å². The summed E-state index contributed by atoms with van der Waals surface area (Å²) in [6, 6.07) is 7.79. The van der Waals surface area contributed by atoms with Crippen molar-refractivity contribution in [2.75, 3.05) is 24.7 Å². The minimum atomic E-state index is 0.0417. The first kappa shape index (κ1) is 20.5. The average molecular weight is 308 g/mol. The molecule has 0 unspecified atom stereocenters. The molecule has 4 heteroatoms. The van der Waals surface area contributed by atoms with Crippen molar-refractivity contribution in [3.05, 3.63) is 24.3 Å². The maximum atomic E-state index is 10.1. The number of hydrogen-bond donors (Lipinski definition) is 2. The van der Waals surface area contributed by atoms with Crippen molar-refractivity contribution in [1.82, 2.24) is 0 Å². The molecule has 0 saturated heterocycles. The van der Waals surface area contributed by atoms with Crippen LogP contribution in [0.2, 0.25) is 0 Å². The highest BCUT2D eigenvalue weighted by Crippen LogP contribution is 2.16. The number of nitrogen functional groups attached to an aromatic ring is 1. The van der Waals surface area contributed by atoms with Crippen LogP contribution in [0.5, 0.6) is 0 Å². The van der Waals surface area contributed by atoms with Crippen molar-refractivity contribution in [2.45, 2.75) is 58.5 Å². The van der Waals surface area contributed by atoms with Crippen molar-refractivity contribution >= 4 is 17.7 Å². The van der Waals surface area contributed by atoms with Gasteiger partial charge in [-0.1, -0.05) is 25.0 Å². The molecule has 3 N–H and O–H groups in total. The maximum absolute atomic E-state index is 10.1. The Morgan fingerprint density at radius 1 is 1.14 bits per heavy atom. The van der Waals surface area contributed by atoms with E-state index in [0.29, 0.717) is 6.42 Å². The molecule has 4 nitrogen and oxygen atoms in total. The van der Waals surface area contributed by atoms with Crippen molar-refractivity contribution in [1.29, 1.82) is 0 Å². The molecule has 0 aliphatic carbocycles. The van der Waals surface area contributed by atoms with E-state index in [0.717, 1.165) is 49.9 Å². The van der Waals surface area contributed by atoms with Crippen LogP contribution in [-0.4, -0.2) is 25.5 Å². The number of anilines is 2. The topological polar surface area (TPSA) is 64.3 Å². The second-order valence-corrected chi connectivity index (χ2v) is 6.20. The van der Waals surface area contributed by atoms with Crippen LogP contribution in [0.25, 0.3) is 0 Å². The standard InChI is InChI=1S/C13H20N2O.C5H12O/c14-12-8-4-5-9-13(12)15-10-6-2-1-3-7-11-16;1-5(2,3)6-4/h4-5,8-9,11,15H,1-3,6-7,10,14H2;1-4H3. The first-order valence-electron chi connectivity index (χ1n) is 7.98. The Morgan fingerprint density at radius 3 is 2.27 bits per heavy atom. The van der Waals surface area contributed by atoms with Gasteiger partial charge in [-0.25, -0.2) is 0 Å². The van der Waals surface area contributed by atoms with Crippen molar-refractivity contribution in [2.24, 2.45) is 0 Å². The fourth-order valence-corrected chi connectivity index (χ4v) is 1.59. The fraction of sp³-hybridized carbons (Fsp3) is 0.611. The number of carbonyl (C=O) groups excluding carboxylic acids is 1. The van der Waals surface area contributed by atoms with E-state index in [9.17, 15) is 4.79 Å². The first-order chi connectivity index (χ1) is 10.4. The third-order valence-corrected chi connectivity index (χ3v) is 3.14. The maximum Gasteiger partial charge on any atom is 0.119 e. The number of methoxy groups -OCH3 is 1. The Morgan fingerprint density at radius 2 is 1.73 bits per heavy atom. The zero-order valence-electron chi connectivity index (χ0n) is 14.5. The van der Waals surface area contributed by atoms with Gasteiger partial charge in [0, 0.05) is 20.1 Å². The van der Waals surface area contributed by atoms with Gasteiger partial charge in [0.05, 0.1) is 17.0 Å². The third kappa shape index (κ3) is 12.2. The molecule has 0 spiro atoms. The second kappa shape index (κ2) is 12.0. The monoisotopic (exact) mass is 308 g/mol. The number of benzene rings is 1. The largest absolute Gasteiger partial charge is 0.397 e. The number of unbranched alkanes of at least 4 members (excludes halogenated alkanes) is 4. The van der Waals surface area contributed by atoms with Gasteiger partial charge < -0.3 is 20.6 Å². The van der Waals surface area contributed by atoms with Crippen molar-refractivity contribution in [3.8, 4) is 0 Å². The van der Waals surface area contributed by atoms with Crippen LogP contribution in [-0.2, 0) is 9.53 Å². The van der Waals surface area contributed by atoms with Gasteiger partial charge in [-0.3, -0.25) is 0 Å². The SMILES string of the molecule is COC(C)(C)C.Nc1ccccc1NCCCCCCC=O. The molecule has 0 heterocycles. The third-order valence-electron chi connectivity index (χ3n) is 3.14. The van der Waals surface area contributed by atoms with Gasteiger partial charge >= 0.3 is 0 Å². The smallest absolute Gasteiger partial charge is 0.119 e. The molecule has 0 saturated carbocycles. The van der Waals surface area contributed by atoms with Gasteiger partial charge in [-0.05, 0) is 45.7 Å². The highest BCUT2D eigenvalue weighted by atomic mass is 16.5. The Kier molecular flexibility index (Phi) is 11.2. The number of hydrogen-bond acceptors (Lipinski definition) is 4. The van der Waals surface area contributed by atoms with E-state index in [4.69, 9.17) is 10.5 Å². The van der Waals surface area contributed by atoms with Crippen LogP contribution in [0.3, 0.4) is 0 Å². The fourth-order valence-electron chi connectivity index (χ4n) is 1.59. The van der Waals surface area contributed by atoms with E-state index in [1.807, 2.05) is 45.0 Å². The lowest BCUT2D eigenvalue weighted by molar-refractivity contribution is -0.107. The predicted molar refractivity (Wildman–Crippen MR) is 95.3 cm³/mol. The lowest BCUT2D eigenvalue weighted by Crippen LogP contribution is -2.15. The normalized spacial score (nSPS) is 10.5. The van der Waals surface area contributed by atoms with Crippen molar-refractivity contribution < 1.29 is 9.53 Å². The second-order valence-electron chi connectivity index (χ2n) is 6.20. The summed E-state index contributed by atoms with van der Waals surface area (Å²) >= 11 is 0. The highest BCUT2D eigenvalue weighted by Gasteiger charge is 2.04. The Bertz CT molecular complexity index is 400. The molecular weight excluding hydrogens is 276 g/mol. The van der Waals surface area contributed by atoms with Gasteiger partial charge in [-0.15, -0.1) is 0 Å². The Hall–Kier alpha value is -1.55. The minimum absolute atomic E-state index is 0.0417. The number of rotatable bonds is 8. The summed E-state index contributed by atoms with van der Waals surface area (Å²) in [5.74, 6) is 0. The zero-order chi connectivity index (χ0) is 16.8. The van der Waals surface area contributed by atoms with Crippen LogP contribution in [0.4, 0.5) is 11.4 Å². The van der Waals surface area contributed by atoms with E-state index < -0.39 is 0 Å². The van der Waals surface area contributed by atoms with Gasteiger partial charge in [0.25, 0.3) is 0 Å². The molecule has 126 valence electrons. The zero-order valence-corrected chi connectivity index (χ0v) is 14.5. The Labute approximate surface area is 135 Å². The van der Waals surface area contributed by atoms with Crippen molar-refractivity contribution in [3.63, 3.8) is 0 Å². The summed E-state index contributed by atoms with van der Waals surface area (Å²) in [6.45, 7) is 7.00. The number of carbonyl (C=O) groups is 1. The number of aldehydes is 1. The lowest BCUT2D eigenvalue weighted by Gasteiger charge is -2.14. The number of para-hydroxylation sites is 2. The molecule has 0 aromatic heterocycles. The summed E-state index contributed by atoms with van der Waals surface area (Å²) in [5, 5.41) is 3.31. The quantitative estimate of drug-likeness (QED) is 0.428. The van der Waals surface area contributed by atoms with Gasteiger partial charge in [0.1, 0.15) is 6.29 Å². The average Bonchev–Trinajstić information content (AvgIpc) is 2.48. The summed E-state index contributed by atoms with van der Waals surface area (Å²) in [6.07, 6.45) is 6.10. The summed E-state index contributed by atoms with van der Waals surface area (Å²) in [5.41, 5.74) is 7.65. The minimum Gasteiger partial charge on any atom is -0.397 e. The summed E-state index contributed by atoms with van der Waals surface area (Å²) < 4.78 is 4.94. The number of nitrogens with one attached hydrogen (secondary N) is 1. The van der Waals surface area contributed by atoms with E-state index in [-0.39, 0.29) is 5.60 Å². The lowest BCUT2D eigenvalue weighted by atomic mass is 10.1. The molecule has 0 aliphatic rings. The molecule has 0 aliphatic heterocycles. The van der Waals surface area contributed by atoms with E-state index in [1.54, 1.807) is 7.11 Å². The molecule has 22 heavy (non-hydrogen) atoms. The number of nitrogens with two attached hydrogens (primary N) is 1. The van der Waals surface area contributed by atoms with Gasteiger partial charge in [-0.2, -0.15) is 0 Å². The predicted octanol–water partition coefficient (Wildman–Crippen LogP) is 4.26. The molecule has 1 aromatic carbocycles. The highest BCUT2D eigenvalue weighted by molar-refractivity contribution is 5.65. The molecule has 0 fully saturated rings. The van der Waals surface area contributed by atoms with E-state index >= 15 is 0 Å². The van der Waals surface area contributed by atoms with Gasteiger partial charge in [0.2, 0.25) is 0 Å². The molecule has 0 radical (unpaired) electrons. The van der Waals surface area contributed by atoms with Crippen LogP contribution in [0.1, 0.15) is 52.9 Å². The number of ether oxygens (including phenoxy) is 1. The molecule has 1 aromatic rings. The van der Waals surface area contributed by atoms with Crippen LogP contribution < -0.4 is 11.1 Å². The summed E-state index contributed by atoms with van der Waals surface area (Å²) in [4.78, 5) is 10.1. The Balaban J connectivity index is 0.000000626. The van der Waals surface area contributed by atoms with E-state index in [2.05, 4.69) is 5.32 Å². The van der Waals surface area contributed by atoms with Crippen LogP contribution >= 0.6 is 0 Å². The molecule has 1 rings (SSSR count). The first-order valence-corrected chi connectivity index (χ1v) is 7.98.